The van der Waals surface area contributed by atoms with Gasteiger partial charge in [-0.1, -0.05) is 0 Å². The Kier molecular flexibility index (Phi) is 6.37. The zero-order valence-corrected chi connectivity index (χ0v) is 19.5. The summed E-state index contributed by atoms with van der Waals surface area (Å²) in [5, 5.41) is 2.87. The Morgan fingerprint density at radius 2 is 1.74 bits per heavy atom. The molecular weight excluding hydrogens is 456 g/mol. The van der Waals surface area contributed by atoms with Gasteiger partial charge in [0, 0.05) is 23.7 Å². The van der Waals surface area contributed by atoms with E-state index in [-0.39, 0.29) is 5.91 Å². The first-order valence-corrected chi connectivity index (χ1v) is 11.8. The molecule has 3 aromatic rings. The highest BCUT2D eigenvalue weighted by molar-refractivity contribution is 7.17. The fraction of sp³-hybridized carbons (Fsp3) is 0.280. The summed E-state index contributed by atoms with van der Waals surface area (Å²) in [5.41, 5.74) is 2.55. The third kappa shape index (κ3) is 4.57. The number of anilines is 2. The van der Waals surface area contributed by atoms with E-state index < -0.39 is 5.97 Å². The average molecular weight is 481 g/mol. The lowest BCUT2D eigenvalue weighted by molar-refractivity contribution is 0.0602. The minimum Gasteiger partial charge on any atom is -0.486 e. The Bertz CT molecular complexity index is 1220. The van der Waals surface area contributed by atoms with Crippen LogP contribution in [-0.4, -0.2) is 58.5 Å². The third-order valence-electron chi connectivity index (χ3n) is 5.69. The molecule has 2 aromatic carbocycles. The van der Waals surface area contributed by atoms with Gasteiger partial charge in [0.05, 0.1) is 36.5 Å². The maximum atomic E-state index is 13.0. The number of esters is 1. The minimum atomic E-state index is -0.506. The van der Waals surface area contributed by atoms with Gasteiger partial charge < -0.3 is 29.2 Å². The molecule has 3 heterocycles. The van der Waals surface area contributed by atoms with Gasteiger partial charge in [-0.05, 0) is 54.1 Å². The molecule has 0 aliphatic carbocycles. The van der Waals surface area contributed by atoms with E-state index in [1.54, 1.807) is 18.2 Å². The number of fused-ring (bicyclic) bond motifs is 1. The predicted molar refractivity (Wildman–Crippen MR) is 130 cm³/mol. The van der Waals surface area contributed by atoms with Crippen LogP contribution in [0.5, 0.6) is 11.5 Å². The number of hydrogen-bond donors (Lipinski definition) is 1. The molecule has 0 saturated carbocycles. The summed E-state index contributed by atoms with van der Waals surface area (Å²) in [7, 11) is 1.33. The fourth-order valence-corrected chi connectivity index (χ4v) is 4.83. The quantitative estimate of drug-likeness (QED) is 0.551. The number of morpholine rings is 1. The van der Waals surface area contributed by atoms with Gasteiger partial charge in [-0.2, -0.15) is 0 Å². The van der Waals surface area contributed by atoms with E-state index in [0.717, 1.165) is 35.0 Å². The molecule has 1 aromatic heterocycles. The molecule has 1 amide bonds. The molecule has 8 nitrogen and oxygen atoms in total. The van der Waals surface area contributed by atoms with E-state index in [4.69, 9.17) is 18.9 Å². The van der Waals surface area contributed by atoms with E-state index in [2.05, 4.69) is 10.2 Å². The number of carbonyl (C=O) groups is 2. The third-order valence-corrected chi connectivity index (χ3v) is 6.82. The van der Waals surface area contributed by atoms with Crippen LogP contribution < -0.4 is 19.7 Å². The fourth-order valence-electron chi connectivity index (χ4n) is 3.93. The molecule has 1 N–H and O–H groups in total. The van der Waals surface area contributed by atoms with E-state index in [9.17, 15) is 9.59 Å². The molecule has 34 heavy (non-hydrogen) atoms. The zero-order chi connectivity index (χ0) is 23.5. The van der Waals surface area contributed by atoms with Crippen LogP contribution in [0.25, 0.3) is 10.4 Å². The maximum absolute atomic E-state index is 13.0. The summed E-state index contributed by atoms with van der Waals surface area (Å²) in [6, 6.07) is 14.8. The molecular formula is C25H24N2O6S. The van der Waals surface area contributed by atoms with E-state index in [0.29, 0.717) is 48.3 Å². The Morgan fingerprint density at radius 3 is 2.53 bits per heavy atom. The monoisotopic (exact) mass is 480 g/mol. The van der Waals surface area contributed by atoms with Crippen molar-refractivity contribution in [2.24, 2.45) is 0 Å². The van der Waals surface area contributed by atoms with E-state index in [1.165, 1.54) is 18.4 Å². The summed E-state index contributed by atoms with van der Waals surface area (Å²) in [5.74, 6) is 0.623. The van der Waals surface area contributed by atoms with Crippen molar-refractivity contribution in [1.82, 2.24) is 0 Å². The van der Waals surface area contributed by atoms with Crippen molar-refractivity contribution < 1.29 is 28.5 Å². The number of nitrogens with one attached hydrogen (secondary N) is 1. The largest absolute Gasteiger partial charge is 0.486 e. The molecule has 0 unspecified atom stereocenters. The number of hydrogen-bond acceptors (Lipinski definition) is 8. The van der Waals surface area contributed by atoms with Gasteiger partial charge in [-0.25, -0.2) is 4.79 Å². The van der Waals surface area contributed by atoms with Crippen LogP contribution in [0, 0.1) is 0 Å². The van der Waals surface area contributed by atoms with Gasteiger partial charge in [0.2, 0.25) is 0 Å². The Labute approximate surface area is 201 Å². The second-order valence-corrected chi connectivity index (χ2v) is 8.88. The summed E-state index contributed by atoms with van der Waals surface area (Å²) in [6.45, 7) is 3.80. The van der Waals surface area contributed by atoms with Crippen molar-refractivity contribution >= 4 is 34.6 Å². The smallest absolute Gasteiger partial charge is 0.340 e. The second-order valence-electron chi connectivity index (χ2n) is 7.80. The summed E-state index contributed by atoms with van der Waals surface area (Å²) >= 11 is 1.36. The molecule has 2 aliphatic rings. The van der Waals surface area contributed by atoms with Crippen molar-refractivity contribution in [3.63, 3.8) is 0 Å². The maximum Gasteiger partial charge on any atom is 0.340 e. The van der Waals surface area contributed by atoms with Crippen LogP contribution in [0.2, 0.25) is 0 Å². The molecule has 176 valence electrons. The van der Waals surface area contributed by atoms with Gasteiger partial charge in [-0.3, -0.25) is 4.79 Å². The topological polar surface area (TPSA) is 86.3 Å². The van der Waals surface area contributed by atoms with Gasteiger partial charge in [0.1, 0.15) is 13.2 Å². The summed E-state index contributed by atoms with van der Waals surface area (Å²) in [4.78, 5) is 29.1. The molecule has 1 fully saturated rings. The van der Waals surface area contributed by atoms with E-state index in [1.807, 2.05) is 30.3 Å². The van der Waals surface area contributed by atoms with Crippen LogP contribution in [-0.2, 0) is 9.47 Å². The number of ether oxygens (including phenoxy) is 4. The number of rotatable bonds is 5. The number of benzene rings is 2. The number of carbonyl (C=O) groups excluding carboxylic acids is 2. The number of methoxy groups -OCH3 is 1. The first kappa shape index (κ1) is 22.2. The van der Waals surface area contributed by atoms with Crippen molar-refractivity contribution in [3.05, 3.63) is 59.0 Å². The lowest BCUT2D eigenvalue weighted by Gasteiger charge is -2.29. The average Bonchev–Trinajstić information content (AvgIpc) is 3.39. The van der Waals surface area contributed by atoms with E-state index >= 15 is 0 Å². The molecule has 2 aliphatic heterocycles. The van der Waals surface area contributed by atoms with Gasteiger partial charge in [0.15, 0.2) is 11.5 Å². The molecule has 0 atom stereocenters. The van der Waals surface area contributed by atoms with Crippen molar-refractivity contribution in [3.8, 4) is 21.9 Å². The van der Waals surface area contributed by atoms with Crippen LogP contribution in [0.1, 0.15) is 20.0 Å². The lowest BCUT2D eigenvalue weighted by atomic mass is 10.1. The van der Waals surface area contributed by atoms with Crippen LogP contribution in [0.3, 0.4) is 0 Å². The number of nitrogens with zero attached hydrogens (tertiary/aromatic N) is 1. The lowest BCUT2D eigenvalue weighted by Crippen LogP contribution is -2.36. The Morgan fingerprint density at radius 1 is 0.941 bits per heavy atom. The van der Waals surface area contributed by atoms with Gasteiger partial charge >= 0.3 is 5.97 Å². The summed E-state index contributed by atoms with van der Waals surface area (Å²) in [6.07, 6.45) is 0. The summed E-state index contributed by atoms with van der Waals surface area (Å²) < 4.78 is 21.6. The van der Waals surface area contributed by atoms with Crippen LogP contribution in [0.15, 0.2) is 48.5 Å². The SMILES string of the molecule is COC(=O)c1cc(N2CCOCC2)ccc1NC(=O)c1ccc(-c2ccc3c(c2)OCCO3)s1. The molecule has 9 heteroatoms. The highest BCUT2D eigenvalue weighted by Crippen LogP contribution is 2.37. The highest BCUT2D eigenvalue weighted by atomic mass is 32.1. The van der Waals surface area contributed by atoms with Crippen molar-refractivity contribution in [2.45, 2.75) is 0 Å². The Balaban J connectivity index is 1.36. The first-order chi connectivity index (χ1) is 16.6. The predicted octanol–water partition coefficient (Wildman–Crippen LogP) is 4.06. The molecule has 0 spiro atoms. The normalized spacial score (nSPS) is 15.0. The molecule has 0 bridgehead atoms. The van der Waals surface area contributed by atoms with Gasteiger partial charge in [-0.15, -0.1) is 11.3 Å². The zero-order valence-electron chi connectivity index (χ0n) is 18.7. The second kappa shape index (κ2) is 9.74. The minimum absolute atomic E-state index is 0.293. The molecule has 1 saturated heterocycles. The first-order valence-electron chi connectivity index (χ1n) is 11.0. The molecule has 0 radical (unpaired) electrons. The van der Waals surface area contributed by atoms with Crippen molar-refractivity contribution in [1.29, 1.82) is 0 Å². The standard InChI is InChI=1S/C25H24N2O6S/c1-30-25(29)18-15-17(27-8-10-31-11-9-27)3-4-19(18)26-24(28)23-7-6-22(34-23)16-2-5-20-21(14-16)33-13-12-32-20/h2-7,14-15H,8-13H2,1H3,(H,26,28). The number of amides is 1. The van der Waals surface area contributed by atoms with Crippen molar-refractivity contribution in [2.75, 3.05) is 56.8 Å². The molecule has 5 rings (SSSR count). The van der Waals surface area contributed by atoms with Crippen LogP contribution >= 0.6 is 11.3 Å². The van der Waals surface area contributed by atoms with Crippen LogP contribution in [0.4, 0.5) is 11.4 Å². The Hall–Kier alpha value is -3.56. The van der Waals surface area contributed by atoms with Gasteiger partial charge in [0.25, 0.3) is 5.91 Å². The highest BCUT2D eigenvalue weighted by Gasteiger charge is 2.20. The number of thiophene rings is 1.